The maximum atomic E-state index is 5.49. The summed E-state index contributed by atoms with van der Waals surface area (Å²) in [6.07, 6.45) is 0.906. The summed E-state index contributed by atoms with van der Waals surface area (Å²) in [4.78, 5) is 4.72. The van der Waals surface area contributed by atoms with Crippen LogP contribution in [0.15, 0.2) is 47.5 Å². The predicted octanol–water partition coefficient (Wildman–Crippen LogP) is 3.37. The SMILES string of the molecule is CCOCCCNC(=NCc1ccc(OC)cc1)NCc1ccc(OC)cc1OC. The van der Waals surface area contributed by atoms with E-state index in [1.807, 2.05) is 49.4 Å². The number of guanidine groups is 1. The van der Waals surface area contributed by atoms with Gasteiger partial charge in [0.15, 0.2) is 5.96 Å². The summed E-state index contributed by atoms with van der Waals surface area (Å²) in [7, 11) is 4.96. The van der Waals surface area contributed by atoms with Crippen molar-refractivity contribution in [2.24, 2.45) is 4.99 Å². The lowest BCUT2D eigenvalue weighted by molar-refractivity contribution is 0.145. The van der Waals surface area contributed by atoms with Crippen molar-refractivity contribution in [3.63, 3.8) is 0 Å². The lowest BCUT2D eigenvalue weighted by Gasteiger charge is -2.15. The monoisotopic (exact) mass is 415 g/mol. The zero-order valence-electron chi connectivity index (χ0n) is 18.4. The van der Waals surface area contributed by atoms with E-state index in [-0.39, 0.29) is 0 Å². The van der Waals surface area contributed by atoms with E-state index in [1.54, 1.807) is 21.3 Å². The molecule has 2 aromatic carbocycles. The van der Waals surface area contributed by atoms with E-state index in [2.05, 4.69) is 10.6 Å². The van der Waals surface area contributed by atoms with Crippen molar-refractivity contribution in [2.75, 3.05) is 41.1 Å². The fourth-order valence-electron chi connectivity index (χ4n) is 2.78. The first-order valence-electron chi connectivity index (χ1n) is 10.1. The minimum Gasteiger partial charge on any atom is -0.497 e. The third-order valence-electron chi connectivity index (χ3n) is 4.48. The second-order valence-corrected chi connectivity index (χ2v) is 6.52. The van der Waals surface area contributed by atoms with Crippen molar-refractivity contribution in [2.45, 2.75) is 26.4 Å². The summed E-state index contributed by atoms with van der Waals surface area (Å²) in [5.41, 5.74) is 2.12. The average molecular weight is 416 g/mol. The minimum atomic E-state index is 0.560. The lowest BCUT2D eigenvalue weighted by atomic mass is 10.2. The van der Waals surface area contributed by atoms with Crippen molar-refractivity contribution in [1.82, 2.24) is 10.6 Å². The first-order valence-corrected chi connectivity index (χ1v) is 10.1. The molecule has 0 amide bonds. The predicted molar refractivity (Wildman–Crippen MR) is 120 cm³/mol. The molecule has 0 saturated carbocycles. The van der Waals surface area contributed by atoms with Gasteiger partial charge in [0.25, 0.3) is 0 Å². The van der Waals surface area contributed by atoms with Gasteiger partial charge in [-0.3, -0.25) is 0 Å². The summed E-state index contributed by atoms with van der Waals surface area (Å²) < 4.78 is 21.4. The fraction of sp³-hybridized carbons (Fsp3) is 0.435. The third kappa shape index (κ3) is 7.83. The van der Waals surface area contributed by atoms with Crippen LogP contribution < -0.4 is 24.8 Å². The number of nitrogens with zero attached hydrogens (tertiary/aromatic N) is 1. The van der Waals surface area contributed by atoms with Crippen LogP contribution >= 0.6 is 0 Å². The molecular formula is C23H33N3O4. The molecule has 0 aliphatic heterocycles. The Labute approximate surface area is 179 Å². The topological polar surface area (TPSA) is 73.3 Å². The molecule has 0 saturated heterocycles. The molecule has 0 fully saturated rings. The molecule has 30 heavy (non-hydrogen) atoms. The standard InChI is InChI=1S/C23H33N3O4/c1-5-30-14-6-13-24-23(25-16-18-7-10-20(27-2)11-8-18)26-17-19-9-12-21(28-3)15-22(19)29-4/h7-12,15H,5-6,13-14,16-17H2,1-4H3,(H2,24,25,26). The Bertz CT molecular complexity index is 779. The van der Waals surface area contributed by atoms with E-state index in [1.165, 1.54) is 0 Å². The van der Waals surface area contributed by atoms with Crippen LogP contribution in [-0.4, -0.2) is 47.0 Å². The van der Waals surface area contributed by atoms with Crippen LogP contribution in [-0.2, 0) is 17.8 Å². The van der Waals surface area contributed by atoms with Crippen LogP contribution in [0.25, 0.3) is 0 Å². The highest BCUT2D eigenvalue weighted by molar-refractivity contribution is 5.79. The summed E-state index contributed by atoms with van der Waals surface area (Å²) in [5.74, 6) is 3.10. The van der Waals surface area contributed by atoms with Gasteiger partial charge in [0.05, 0.1) is 27.9 Å². The van der Waals surface area contributed by atoms with Crippen molar-refractivity contribution in [3.8, 4) is 17.2 Å². The van der Waals surface area contributed by atoms with E-state index in [4.69, 9.17) is 23.9 Å². The van der Waals surface area contributed by atoms with Crippen LogP contribution in [0.2, 0.25) is 0 Å². The largest absolute Gasteiger partial charge is 0.497 e. The molecule has 0 atom stereocenters. The summed E-state index contributed by atoms with van der Waals surface area (Å²) >= 11 is 0. The first kappa shape index (κ1) is 23.3. The quantitative estimate of drug-likeness (QED) is 0.315. The molecular weight excluding hydrogens is 382 g/mol. The van der Waals surface area contributed by atoms with Gasteiger partial charge >= 0.3 is 0 Å². The molecule has 0 spiro atoms. The number of hydrogen-bond donors (Lipinski definition) is 2. The molecule has 0 heterocycles. The maximum absolute atomic E-state index is 5.49. The van der Waals surface area contributed by atoms with Crippen molar-refractivity contribution < 1.29 is 18.9 Å². The number of aliphatic imine (C=N–C) groups is 1. The molecule has 0 radical (unpaired) electrons. The number of hydrogen-bond acceptors (Lipinski definition) is 5. The normalized spacial score (nSPS) is 11.1. The Balaban J connectivity index is 2.02. The Kier molecular flexibility index (Phi) is 10.4. The van der Waals surface area contributed by atoms with E-state index >= 15 is 0 Å². The zero-order valence-corrected chi connectivity index (χ0v) is 18.4. The Morgan fingerprint density at radius 3 is 2.30 bits per heavy atom. The number of benzene rings is 2. The molecule has 0 aromatic heterocycles. The van der Waals surface area contributed by atoms with E-state index in [9.17, 15) is 0 Å². The van der Waals surface area contributed by atoms with Gasteiger partial charge in [-0.15, -0.1) is 0 Å². The molecule has 7 heteroatoms. The van der Waals surface area contributed by atoms with Crippen molar-refractivity contribution in [1.29, 1.82) is 0 Å². The Morgan fingerprint density at radius 2 is 1.63 bits per heavy atom. The molecule has 2 rings (SSSR count). The van der Waals surface area contributed by atoms with Crippen LogP contribution in [0.3, 0.4) is 0 Å². The number of nitrogens with one attached hydrogen (secondary N) is 2. The van der Waals surface area contributed by atoms with Gasteiger partial charge in [0.1, 0.15) is 17.2 Å². The van der Waals surface area contributed by atoms with Crippen LogP contribution in [0, 0.1) is 0 Å². The summed E-state index contributed by atoms with van der Waals surface area (Å²) in [6, 6.07) is 13.7. The Hall–Kier alpha value is -2.93. The van der Waals surface area contributed by atoms with Gasteiger partial charge in [-0.05, 0) is 43.2 Å². The summed E-state index contributed by atoms with van der Waals surface area (Å²) in [6.45, 7) is 5.36. The number of rotatable bonds is 12. The smallest absolute Gasteiger partial charge is 0.191 e. The molecule has 0 bridgehead atoms. The molecule has 2 aromatic rings. The maximum Gasteiger partial charge on any atom is 0.191 e. The van der Waals surface area contributed by atoms with Gasteiger partial charge in [-0.2, -0.15) is 0 Å². The van der Waals surface area contributed by atoms with Crippen LogP contribution in [0.1, 0.15) is 24.5 Å². The van der Waals surface area contributed by atoms with Gasteiger partial charge in [0, 0.05) is 37.9 Å². The van der Waals surface area contributed by atoms with E-state index in [0.29, 0.717) is 13.1 Å². The van der Waals surface area contributed by atoms with Gasteiger partial charge in [-0.25, -0.2) is 4.99 Å². The molecule has 0 unspecified atom stereocenters. The molecule has 0 aliphatic rings. The number of ether oxygens (including phenoxy) is 4. The second kappa shape index (κ2) is 13.3. The molecule has 2 N–H and O–H groups in total. The molecule has 164 valence electrons. The fourth-order valence-corrected chi connectivity index (χ4v) is 2.78. The molecule has 7 nitrogen and oxygen atoms in total. The number of methoxy groups -OCH3 is 3. The van der Waals surface area contributed by atoms with E-state index < -0.39 is 0 Å². The average Bonchev–Trinajstić information content (AvgIpc) is 2.80. The third-order valence-corrected chi connectivity index (χ3v) is 4.48. The molecule has 0 aliphatic carbocycles. The highest BCUT2D eigenvalue weighted by Gasteiger charge is 2.07. The van der Waals surface area contributed by atoms with Crippen molar-refractivity contribution >= 4 is 5.96 Å². The van der Waals surface area contributed by atoms with Crippen LogP contribution in [0.5, 0.6) is 17.2 Å². The first-order chi connectivity index (χ1) is 14.7. The summed E-state index contributed by atoms with van der Waals surface area (Å²) in [5, 5.41) is 6.75. The highest BCUT2D eigenvalue weighted by atomic mass is 16.5. The minimum absolute atomic E-state index is 0.560. The van der Waals surface area contributed by atoms with Gasteiger partial charge in [-0.1, -0.05) is 12.1 Å². The zero-order chi connectivity index (χ0) is 21.6. The highest BCUT2D eigenvalue weighted by Crippen LogP contribution is 2.24. The van der Waals surface area contributed by atoms with Crippen molar-refractivity contribution in [3.05, 3.63) is 53.6 Å². The lowest BCUT2D eigenvalue weighted by Crippen LogP contribution is -2.38. The Morgan fingerprint density at radius 1 is 0.900 bits per heavy atom. The van der Waals surface area contributed by atoms with E-state index in [0.717, 1.165) is 60.5 Å². The second-order valence-electron chi connectivity index (χ2n) is 6.52. The van der Waals surface area contributed by atoms with Crippen LogP contribution in [0.4, 0.5) is 0 Å². The van der Waals surface area contributed by atoms with Gasteiger partial charge in [0.2, 0.25) is 0 Å². The van der Waals surface area contributed by atoms with Gasteiger partial charge < -0.3 is 29.6 Å².